The van der Waals surface area contributed by atoms with Crippen molar-refractivity contribution in [1.29, 1.82) is 0 Å². The number of rotatable bonds is 3. The third kappa shape index (κ3) is 2.82. The van der Waals surface area contributed by atoms with E-state index in [1.165, 1.54) is 5.56 Å². The predicted molar refractivity (Wildman–Crippen MR) is 58.8 cm³/mol. The zero-order chi connectivity index (χ0) is 9.90. The van der Waals surface area contributed by atoms with Gasteiger partial charge in [-0.1, -0.05) is 28.1 Å². The molecule has 0 amide bonds. The zero-order valence-electron chi connectivity index (χ0n) is 8.30. The molecule has 0 saturated heterocycles. The molecule has 0 aliphatic heterocycles. The Morgan fingerprint density at radius 1 is 1.23 bits per heavy atom. The molecule has 1 aromatic carbocycles. The highest BCUT2D eigenvalue weighted by Crippen LogP contribution is 2.25. The highest BCUT2D eigenvalue weighted by Gasteiger charge is 2.19. The molecule has 0 unspecified atom stereocenters. The van der Waals surface area contributed by atoms with Crippen LogP contribution in [0.3, 0.4) is 0 Å². The van der Waals surface area contributed by atoms with Crippen LogP contribution in [0.5, 0.6) is 0 Å². The Hall–Kier alpha value is -0.340. The van der Waals surface area contributed by atoms with Crippen LogP contribution in [0.2, 0.25) is 0 Å². The lowest BCUT2D eigenvalue weighted by atomic mass is 9.98. The van der Waals surface area contributed by atoms with Crippen molar-refractivity contribution < 1.29 is 4.74 Å². The Balaban J connectivity index is 2.87. The van der Waals surface area contributed by atoms with Crippen LogP contribution in [0.25, 0.3) is 0 Å². The molecule has 0 spiro atoms. The third-order valence-electron chi connectivity index (χ3n) is 2.04. The Labute approximate surface area is 88.2 Å². The molecule has 13 heavy (non-hydrogen) atoms. The zero-order valence-corrected chi connectivity index (χ0v) is 9.89. The highest BCUT2D eigenvalue weighted by molar-refractivity contribution is 9.10. The average molecular weight is 243 g/mol. The molecular formula is C11H15BrO. The maximum Gasteiger partial charge on any atom is 0.0875 e. The Bertz CT molecular complexity index is 264. The molecule has 1 aromatic rings. The van der Waals surface area contributed by atoms with Gasteiger partial charge >= 0.3 is 0 Å². The molecule has 0 N–H and O–H groups in total. The number of ether oxygens (including phenoxy) is 1. The summed E-state index contributed by atoms with van der Waals surface area (Å²) in [5.74, 6) is 0. The minimum absolute atomic E-state index is 0.185. The fraction of sp³-hybridized carbons (Fsp3) is 0.455. The van der Waals surface area contributed by atoms with Gasteiger partial charge in [-0.3, -0.25) is 0 Å². The summed E-state index contributed by atoms with van der Waals surface area (Å²) < 4.78 is 6.74. The van der Waals surface area contributed by atoms with E-state index in [9.17, 15) is 0 Å². The van der Waals surface area contributed by atoms with Crippen molar-refractivity contribution in [3.05, 3.63) is 34.3 Å². The van der Waals surface area contributed by atoms with Crippen molar-refractivity contribution in [2.75, 3.05) is 6.61 Å². The van der Waals surface area contributed by atoms with Gasteiger partial charge in [0.1, 0.15) is 0 Å². The molecule has 72 valence electrons. The van der Waals surface area contributed by atoms with Gasteiger partial charge in [-0.2, -0.15) is 0 Å². The molecule has 1 nitrogen and oxygen atoms in total. The van der Waals surface area contributed by atoms with Gasteiger partial charge in [-0.25, -0.2) is 0 Å². The molecule has 0 bridgehead atoms. The van der Waals surface area contributed by atoms with Crippen LogP contribution < -0.4 is 0 Å². The fourth-order valence-corrected chi connectivity index (χ4v) is 1.56. The quantitative estimate of drug-likeness (QED) is 0.786. The van der Waals surface area contributed by atoms with E-state index in [1.54, 1.807) is 0 Å². The van der Waals surface area contributed by atoms with Gasteiger partial charge in [-0.05, 0) is 38.5 Å². The van der Waals surface area contributed by atoms with E-state index in [4.69, 9.17) is 4.74 Å². The molecule has 0 radical (unpaired) electrons. The Kier molecular flexibility index (Phi) is 3.51. The maximum atomic E-state index is 5.64. The van der Waals surface area contributed by atoms with Gasteiger partial charge in [0.25, 0.3) is 0 Å². The Morgan fingerprint density at radius 3 is 2.23 bits per heavy atom. The second-order valence-electron chi connectivity index (χ2n) is 3.45. The second-order valence-corrected chi connectivity index (χ2v) is 4.37. The predicted octanol–water partition coefficient (Wildman–Crippen LogP) is 3.72. The summed E-state index contributed by atoms with van der Waals surface area (Å²) in [7, 11) is 0. The number of hydrogen-bond donors (Lipinski definition) is 0. The van der Waals surface area contributed by atoms with Crippen molar-refractivity contribution in [3.8, 4) is 0 Å². The van der Waals surface area contributed by atoms with Gasteiger partial charge in [0.15, 0.2) is 0 Å². The molecule has 1 rings (SSSR count). The van der Waals surface area contributed by atoms with Crippen molar-refractivity contribution in [1.82, 2.24) is 0 Å². The van der Waals surface area contributed by atoms with Crippen molar-refractivity contribution in [2.45, 2.75) is 26.4 Å². The minimum Gasteiger partial charge on any atom is -0.371 e. The van der Waals surface area contributed by atoms with Crippen LogP contribution in [-0.2, 0) is 10.3 Å². The van der Waals surface area contributed by atoms with Crippen molar-refractivity contribution in [2.24, 2.45) is 0 Å². The van der Waals surface area contributed by atoms with E-state index in [2.05, 4.69) is 41.9 Å². The number of halogens is 1. The molecule has 0 heterocycles. The summed E-state index contributed by atoms with van der Waals surface area (Å²) >= 11 is 3.41. The molecule has 0 fully saturated rings. The monoisotopic (exact) mass is 242 g/mol. The van der Waals surface area contributed by atoms with E-state index in [0.717, 1.165) is 11.1 Å². The van der Waals surface area contributed by atoms with Crippen LogP contribution in [0.1, 0.15) is 26.3 Å². The summed E-state index contributed by atoms with van der Waals surface area (Å²) in [5, 5.41) is 0. The molecule has 0 saturated carbocycles. The number of benzene rings is 1. The van der Waals surface area contributed by atoms with Crippen LogP contribution in [0, 0.1) is 0 Å². The molecule has 0 aliphatic rings. The van der Waals surface area contributed by atoms with E-state index in [1.807, 2.05) is 19.1 Å². The second kappa shape index (κ2) is 4.25. The van der Waals surface area contributed by atoms with E-state index in [-0.39, 0.29) is 5.60 Å². The smallest absolute Gasteiger partial charge is 0.0875 e. The molecule has 0 aliphatic carbocycles. The van der Waals surface area contributed by atoms with Crippen molar-refractivity contribution in [3.63, 3.8) is 0 Å². The number of hydrogen-bond acceptors (Lipinski definition) is 1. The summed E-state index contributed by atoms with van der Waals surface area (Å²) in [6.07, 6.45) is 0. The first-order valence-electron chi connectivity index (χ1n) is 4.46. The van der Waals surface area contributed by atoms with Crippen LogP contribution in [0.4, 0.5) is 0 Å². The largest absolute Gasteiger partial charge is 0.371 e. The normalized spacial score (nSPS) is 11.7. The van der Waals surface area contributed by atoms with E-state index in [0.29, 0.717) is 0 Å². The van der Waals surface area contributed by atoms with Crippen molar-refractivity contribution >= 4 is 15.9 Å². The summed E-state index contributed by atoms with van der Waals surface area (Å²) in [6, 6.07) is 8.24. The van der Waals surface area contributed by atoms with Gasteiger partial charge < -0.3 is 4.74 Å². The average Bonchev–Trinajstić information content (AvgIpc) is 2.05. The lowest BCUT2D eigenvalue weighted by Crippen LogP contribution is -2.21. The first-order chi connectivity index (χ1) is 6.06. The Morgan fingerprint density at radius 2 is 1.77 bits per heavy atom. The van der Waals surface area contributed by atoms with Gasteiger partial charge in [0.05, 0.1) is 5.60 Å². The third-order valence-corrected chi connectivity index (χ3v) is 2.57. The van der Waals surface area contributed by atoms with Gasteiger partial charge in [0.2, 0.25) is 0 Å². The highest BCUT2D eigenvalue weighted by atomic mass is 79.9. The first kappa shape index (κ1) is 10.7. The standard InChI is InChI=1S/C11H15BrO/c1-4-13-11(2,3)9-5-7-10(12)8-6-9/h5-8H,4H2,1-3H3. The van der Waals surface area contributed by atoms with Crippen LogP contribution >= 0.6 is 15.9 Å². The van der Waals surface area contributed by atoms with Gasteiger partial charge in [-0.15, -0.1) is 0 Å². The van der Waals surface area contributed by atoms with Gasteiger partial charge in [0, 0.05) is 11.1 Å². The van der Waals surface area contributed by atoms with E-state index < -0.39 is 0 Å². The van der Waals surface area contributed by atoms with Crippen LogP contribution in [-0.4, -0.2) is 6.61 Å². The molecular weight excluding hydrogens is 228 g/mol. The maximum absolute atomic E-state index is 5.64. The molecule has 2 heteroatoms. The van der Waals surface area contributed by atoms with E-state index >= 15 is 0 Å². The lowest BCUT2D eigenvalue weighted by Gasteiger charge is -2.25. The minimum atomic E-state index is -0.185. The summed E-state index contributed by atoms with van der Waals surface area (Å²) in [4.78, 5) is 0. The summed E-state index contributed by atoms with van der Waals surface area (Å²) in [5.41, 5.74) is 1.02. The lowest BCUT2D eigenvalue weighted by molar-refractivity contribution is -0.0140. The topological polar surface area (TPSA) is 9.23 Å². The molecule has 0 aromatic heterocycles. The fourth-order valence-electron chi connectivity index (χ4n) is 1.30. The summed E-state index contributed by atoms with van der Waals surface area (Å²) in [6.45, 7) is 6.92. The first-order valence-corrected chi connectivity index (χ1v) is 5.25. The SMILES string of the molecule is CCOC(C)(C)c1ccc(Br)cc1. The molecule has 0 atom stereocenters. The van der Waals surface area contributed by atoms with Crippen LogP contribution in [0.15, 0.2) is 28.7 Å².